The fourth-order valence-electron chi connectivity index (χ4n) is 3.52. The lowest BCUT2D eigenvalue weighted by Crippen LogP contribution is -2.44. The van der Waals surface area contributed by atoms with Crippen LogP contribution in [0.1, 0.15) is 39.1 Å². The summed E-state index contributed by atoms with van der Waals surface area (Å²) in [5.41, 5.74) is 1.40. The Bertz CT molecular complexity index is 993. The number of ether oxygens (including phenoxy) is 1. The smallest absolute Gasteiger partial charge is 0.254 e. The van der Waals surface area contributed by atoms with Gasteiger partial charge >= 0.3 is 0 Å². The molecule has 0 bridgehead atoms. The zero-order valence-corrected chi connectivity index (χ0v) is 15.9. The van der Waals surface area contributed by atoms with E-state index in [1.165, 1.54) is 0 Å². The minimum absolute atomic E-state index is 0.151. The second kappa shape index (κ2) is 8.65. The van der Waals surface area contributed by atoms with Gasteiger partial charge in [-0.3, -0.25) is 14.6 Å². The van der Waals surface area contributed by atoms with E-state index in [1.54, 1.807) is 59.9 Å². The number of piperidine rings is 1. The van der Waals surface area contributed by atoms with Gasteiger partial charge in [-0.05, 0) is 18.9 Å². The number of nitrogens with zero attached hydrogens (tertiary/aromatic N) is 3. The zero-order valence-electron chi connectivity index (χ0n) is 15.9. The van der Waals surface area contributed by atoms with Gasteiger partial charge in [-0.2, -0.15) is 0 Å². The van der Waals surface area contributed by atoms with E-state index < -0.39 is 0 Å². The summed E-state index contributed by atoms with van der Waals surface area (Å²) >= 11 is 0. The Hall–Kier alpha value is -3.54. The predicted molar refractivity (Wildman–Crippen MR) is 108 cm³/mol. The number of rotatable bonds is 5. The van der Waals surface area contributed by atoms with Crippen molar-refractivity contribution in [1.29, 1.82) is 0 Å². The van der Waals surface area contributed by atoms with Crippen LogP contribution in [0.3, 0.4) is 0 Å². The van der Waals surface area contributed by atoms with Gasteiger partial charge in [-0.15, -0.1) is 0 Å². The molecule has 1 aliphatic rings. The number of likely N-dealkylation sites (tertiary alicyclic amines) is 1. The maximum Gasteiger partial charge on any atom is 0.254 e. The van der Waals surface area contributed by atoms with Gasteiger partial charge in [0, 0.05) is 30.1 Å². The van der Waals surface area contributed by atoms with Crippen molar-refractivity contribution in [3.8, 4) is 5.88 Å². The predicted octanol–water partition coefficient (Wildman–Crippen LogP) is 3.39. The Balaban J connectivity index is 1.53. The molecule has 2 heterocycles. The molecule has 1 saturated heterocycles. The van der Waals surface area contributed by atoms with Crippen molar-refractivity contribution in [1.82, 2.24) is 14.9 Å². The molecule has 1 unspecified atom stereocenters. The number of carbonyl (C=O) groups excluding carboxylic acids is 2. The van der Waals surface area contributed by atoms with Crippen molar-refractivity contribution < 1.29 is 14.3 Å². The van der Waals surface area contributed by atoms with Gasteiger partial charge in [-0.25, -0.2) is 4.98 Å². The number of hydrogen-bond acceptors (Lipinski definition) is 5. The van der Waals surface area contributed by atoms with Gasteiger partial charge in [-0.1, -0.05) is 48.5 Å². The first kappa shape index (κ1) is 18.8. The van der Waals surface area contributed by atoms with Crippen molar-refractivity contribution in [2.45, 2.75) is 18.9 Å². The van der Waals surface area contributed by atoms with Gasteiger partial charge in [0.15, 0.2) is 5.78 Å². The largest absolute Gasteiger partial charge is 0.471 e. The van der Waals surface area contributed by atoms with E-state index in [-0.39, 0.29) is 17.8 Å². The van der Waals surface area contributed by atoms with E-state index in [0.29, 0.717) is 35.7 Å². The van der Waals surface area contributed by atoms with E-state index in [9.17, 15) is 9.59 Å². The Labute approximate surface area is 169 Å². The van der Waals surface area contributed by atoms with Crippen molar-refractivity contribution >= 4 is 11.7 Å². The van der Waals surface area contributed by atoms with E-state index in [4.69, 9.17) is 4.74 Å². The zero-order chi connectivity index (χ0) is 20.1. The van der Waals surface area contributed by atoms with Crippen LogP contribution in [0.25, 0.3) is 0 Å². The molecule has 1 aromatic heterocycles. The fourth-order valence-corrected chi connectivity index (χ4v) is 3.52. The first-order chi connectivity index (χ1) is 14.2. The van der Waals surface area contributed by atoms with E-state index in [0.717, 1.165) is 12.8 Å². The van der Waals surface area contributed by atoms with Crippen LogP contribution in [0.2, 0.25) is 0 Å². The van der Waals surface area contributed by atoms with Crippen molar-refractivity contribution in [3.63, 3.8) is 0 Å². The molecule has 3 aromatic rings. The van der Waals surface area contributed by atoms with Crippen LogP contribution in [0.5, 0.6) is 5.88 Å². The Morgan fingerprint density at radius 1 is 0.966 bits per heavy atom. The summed E-state index contributed by atoms with van der Waals surface area (Å²) in [4.78, 5) is 36.1. The van der Waals surface area contributed by atoms with Crippen LogP contribution in [0.15, 0.2) is 73.2 Å². The van der Waals surface area contributed by atoms with Crippen molar-refractivity contribution in [2.75, 3.05) is 13.1 Å². The number of carbonyl (C=O) groups is 2. The molecule has 29 heavy (non-hydrogen) atoms. The summed E-state index contributed by atoms with van der Waals surface area (Å²) in [7, 11) is 0. The molecule has 4 rings (SSSR count). The molecular formula is C23H21N3O3. The molecule has 0 aliphatic carbocycles. The first-order valence-electron chi connectivity index (χ1n) is 9.63. The molecule has 2 aromatic carbocycles. The topological polar surface area (TPSA) is 72.4 Å². The summed E-state index contributed by atoms with van der Waals surface area (Å²) in [5.74, 6) is 0.141. The summed E-state index contributed by atoms with van der Waals surface area (Å²) < 4.78 is 5.88. The van der Waals surface area contributed by atoms with E-state index in [2.05, 4.69) is 9.97 Å². The molecule has 1 aliphatic heterocycles. The summed E-state index contributed by atoms with van der Waals surface area (Å²) in [6.45, 7) is 1.08. The Morgan fingerprint density at radius 3 is 2.48 bits per heavy atom. The fraction of sp³-hybridized carbons (Fsp3) is 0.217. The average Bonchev–Trinajstić information content (AvgIpc) is 2.79. The van der Waals surface area contributed by atoms with Crippen LogP contribution in [-0.2, 0) is 0 Å². The normalized spacial score (nSPS) is 16.3. The molecule has 6 nitrogen and oxygen atoms in total. The highest BCUT2D eigenvalue weighted by atomic mass is 16.5. The molecule has 0 saturated carbocycles. The third-order valence-corrected chi connectivity index (χ3v) is 4.93. The third-order valence-electron chi connectivity index (χ3n) is 4.93. The minimum Gasteiger partial charge on any atom is -0.471 e. The van der Waals surface area contributed by atoms with Crippen molar-refractivity contribution in [3.05, 3.63) is 89.9 Å². The highest BCUT2D eigenvalue weighted by Gasteiger charge is 2.28. The lowest BCUT2D eigenvalue weighted by molar-refractivity contribution is 0.0525. The van der Waals surface area contributed by atoms with Gasteiger partial charge in [0.2, 0.25) is 5.88 Å². The lowest BCUT2D eigenvalue weighted by atomic mass is 9.97. The molecule has 146 valence electrons. The highest BCUT2D eigenvalue weighted by molar-refractivity contribution is 6.15. The molecular weight excluding hydrogens is 366 g/mol. The summed E-state index contributed by atoms with van der Waals surface area (Å²) in [6, 6.07) is 16.0. The monoisotopic (exact) mass is 387 g/mol. The SMILES string of the molecule is O=C(c1ccccc1)c1ccccc1C(=O)N1CCCC(Oc2cnccn2)C1. The number of benzene rings is 2. The maximum absolute atomic E-state index is 13.2. The van der Waals surface area contributed by atoms with E-state index >= 15 is 0 Å². The van der Waals surface area contributed by atoms with E-state index in [1.807, 2.05) is 18.2 Å². The van der Waals surface area contributed by atoms with Crippen LogP contribution in [0, 0.1) is 0 Å². The van der Waals surface area contributed by atoms with Crippen LogP contribution < -0.4 is 4.74 Å². The lowest BCUT2D eigenvalue weighted by Gasteiger charge is -2.33. The second-order valence-electron chi connectivity index (χ2n) is 6.92. The Morgan fingerprint density at radius 2 is 1.72 bits per heavy atom. The third kappa shape index (κ3) is 4.32. The number of aromatic nitrogens is 2. The molecule has 1 atom stereocenters. The average molecular weight is 387 g/mol. The quantitative estimate of drug-likeness (QED) is 0.628. The minimum atomic E-state index is -0.155. The van der Waals surface area contributed by atoms with Crippen LogP contribution in [0.4, 0.5) is 0 Å². The molecule has 0 N–H and O–H groups in total. The number of hydrogen-bond donors (Lipinski definition) is 0. The molecule has 0 spiro atoms. The number of ketones is 1. The van der Waals surface area contributed by atoms with Crippen LogP contribution in [-0.4, -0.2) is 45.8 Å². The first-order valence-corrected chi connectivity index (χ1v) is 9.63. The van der Waals surface area contributed by atoms with Gasteiger partial charge in [0.1, 0.15) is 6.10 Å². The highest BCUT2D eigenvalue weighted by Crippen LogP contribution is 2.21. The molecule has 0 radical (unpaired) electrons. The summed E-state index contributed by atoms with van der Waals surface area (Å²) in [5, 5.41) is 0. The standard InChI is InChI=1S/C23H21N3O3/c27-22(17-7-2-1-3-8-17)19-10-4-5-11-20(19)23(28)26-14-6-9-18(16-26)29-21-15-24-12-13-25-21/h1-5,7-8,10-13,15,18H,6,9,14,16H2. The maximum atomic E-state index is 13.2. The molecule has 1 amide bonds. The van der Waals surface area contributed by atoms with Gasteiger partial charge in [0.25, 0.3) is 5.91 Å². The van der Waals surface area contributed by atoms with Gasteiger partial charge in [0.05, 0.1) is 18.3 Å². The van der Waals surface area contributed by atoms with Crippen molar-refractivity contribution in [2.24, 2.45) is 0 Å². The Kier molecular flexibility index (Phi) is 5.61. The molecule has 6 heteroatoms. The second-order valence-corrected chi connectivity index (χ2v) is 6.92. The molecule has 1 fully saturated rings. The van der Waals surface area contributed by atoms with Crippen LogP contribution >= 0.6 is 0 Å². The summed E-state index contributed by atoms with van der Waals surface area (Å²) in [6.07, 6.45) is 6.24. The van der Waals surface area contributed by atoms with Gasteiger partial charge < -0.3 is 9.64 Å². The number of amides is 1.